The highest BCUT2D eigenvalue weighted by atomic mass is 16.5. The minimum absolute atomic E-state index is 0.0207. The largest absolute Gasteiger partial charge is 0.385 e. The molecular weight excluding hydrogens is 366 g/mol. The van der Waals surface area contributed by atoms with Crippen LogP contribution in [-0.2, 0) is 20.9 Å². The van der Waals surface area contributed by atoms with Crippen molar-refractivity contribution in [3.8, 4) is 0 Å². The molecular formula is C23H35N3O3. The Bertz CT molecular complexity index is 686. The predicted octanol–water partition coefficient (Wildman–Crippen LogP) is 2.35. The zero-order chi connectivity index (χ0) is 20.6. The van der Waals surface area contributed by atoms with Gasteiger partial charge >= 0.3 is 0 Å². The fourth-order valence-electron chi connectivity index (χ4n) is 4.46. The van der Waals surface area contributed by atoms with Crippen LogP contribution in [0.25, 0.3) is 0 Å². The standard InChI is InChI=1S/C23H35N3O3/c1-18-6-3-4-8-20(18)17-26-14-11-24-23(28)21(26)16-22(27)25-12-9-19(10-13-25)7-5-15-29-2/h3-4,6,8,19,21H,5,7,9-17H2,1-2H3,(H,24,28). The number of carbonyl (C=O) groups is 2. The molecule has 6 nitrogen and oxygen atoms in total. The van der Waals surface area contributed by atoms with Crippen LogP contribution in [0, 0.1) is 12.8 Å². The van der Waals surface area contributed by atoms with Crippen LogP contribution >= 0.6 is 0 Å². The average Bonchev–Trinajstić information content (AvgIpc) is 2.73. The van der Waals surface area contributed by atoms with Crippen molar-refractivity contribution in [1.29, 1.82) is 0 Å². The number of carbonyl (C=O) groups excluding carboxylic acids is 2. The van der Waals surface area contributed by atoms with Gasteiger partial charge in [-0.2, -0.15) is 0 Å². The van der Waals surface area contributed by atoms with Crippen molar-refractivity contribution >= 4 is 11.8 Å². The maximum absolute atomic E-state index is 12.9. The zero-order valence-corrected chi connectivity index (χ0v) is 17.9. The second-order valence-corrected chi connectivity index (χ2v) is 8.37. The number of nitrogens with one attached hydrogen (secondary N) is 1. The summed E-state index contributed by atoms with van der Waals surface area (Å²) in [5.41, 5.74) is 2.44. The minimum atomic E-state index is -0.379. The summed E-state index contributed by atoms with van der Waals surface area (Å²) in [6.07, 6.45) is 4.64. The van der Waals surface area contributed by atoms with Crippen molar-refractivity contribution in [2.75, 3.05) is 39.9 Å². The number of methoxy groups -OCH3 is 1. The Morgan fingerprint density at radius 1 is 1.21 bits per heavy atom. The van der Waals surface area contributed by atoms with Gasteiger partial charge in [-0.3, -0.25) is 14.5 Å². The summed E-state index contributed by atoms with van der Waals surface area (Å²) in [5.74, 6) is 0.773. The molecule has 2 heterocycles. The Morgan fingerprint density at radius 3 is 2.69 bits per heavy atom. The number of ether oxygens (including phenoxy) is 1. The lowest BCUT2D eigenvalue weighted by Gasteiger charge is -2.37. The maximum atomic E-state index is 12.9. The van der Waals surface area contributed by atoms with Gasteiger partial charge in [0.2, 0.25) is 11.8 Å². The first kappa shape index (κ1) is 21.8. The second-order valence-electron chi connectivity index (χ2n) is 8.37. The molecule has 29 heavy (non-hydrogen) atoms. The third-order valence-electron chi connectivity index (χ3n) is 6.37. The lowest BCUT2D eigenvalue weighted by molar-refractivity contribution is -0.140. The molecule has 0 bridgehead atoms. The van der Waals surface area contributed by atoms with Crippen molar-refractivity contribution in [3.05, 3.63) is 35.4 Å². The quantitative estimate of drug-likeness (QED) is 0.680. The van der Waals surface area contributed by atoms with E-state index in [2.05, 4.69) is 29.3 Å². The fourth-order valence-corrected chi connectivity index (χ4v) is 4.46. The number of hydrogen-bond acceptors (Lipinski definition) is 4. The Morgan fingerprint density at radius 2 is 1.97 bits per heavy atom. The minimum Gasteiger partial charge on any atom is -0.385 e. The number of amides is 2. The molecule has 1 aromatic carbocycles. The number of hydrogen-bond donors (Lipinski definition) is 1. The van der Waals surface area contributed by atoms with E-state index >= 15 is 0 Å². The van der Waals surface area contributed by atoms with Crippen LogP contribution < -0.4 is 5.32 Å². The zero-order valence-electron chi connectivity index (χ0n) is 17.9. The molecule has 0 spiro atoms. The first-order valence-corrected chi connectivity index (χ1v) is 10.9. The monoisotopic (exact) mass is 401 g/mol. The lowest BCUT2D eigenvalue weighted by atomic mass is 9.92. The van der Waals surface area contributed by atoms with Gasteiger partial charge < -0.3 is 15.0 Å². The van der Waals surface area contributed by atoms with Gasteiger partial charge in [0.05, 0.1) is 12.5 Å². The molecule has 160 valence electrons. The fraction of sp³-hybridized carbons (Fsp3) is 0.652. The van der Waals surface area contributed by atoms with Crippen LogP contribution in [0.4, 0.5) is 0 Å². The van der Waals surface area contributed by atoms with E-state index in [4.69, 9.17) is 4.74 Å². The Balaban J connectivity index is 1.54. The van der Waals surface area contributed by atoms with E-state index in [1.807, 2.05) is 17.0 Å². The number of likely N-dealkylation sites (tertiary alicyclic amines) is 1. The van der Waals surface area contributed by atoms with E-state index in [0.717, 1.165) is 45.5 Å². The summed E-state index contributed by atoms with van der Waals surface area (Å²) in [6.45, 7) is 6.65. The molecule has 1 aromatic rings. The molecule has 0 saturated carbocycles. The number of piperazine rings is 1. The highest BCUT2D eigenvalue weighted by molar-refractivity contribution is 5.88. The summed E-state index contributed by atoms with van der Waals surface area (Å²) < 4.78 is 5.14. The van der Waals surface area contributed by atoms with Crippen LogP contribution in [-0.4, -0.2) is 67.6 Å². The van der Waals surface area contributed by atoms with Crippen molar-refractivity contribution < 1.29 is 14.3 Å². The predicted molar refractivity (Wildman–Crippen MR) is 113 cm³/mol. The van der Waals surface area contributed by atoms with E-state index in [0.29, 0.717) is 19.0 Å². The summed E-state index contributed by atoms with van der Waals surface area (Å²) in [7, 11) is 1.74. The molecule has 2 aliphatic rings. The molecule has 3 rings (SSSR count). The first-order chi connectivity index (χ1) is 14.1. The van der Waals surface area contributed by atoms with Gasteiger partial charge in [-0.1, -0.05) is 24.3 Å². The van der Waals surface area contributed by atoms with Crippen molar-refractivity contribution in [3.63, 3.8) is 0 Å². The van der Waals surface area contributed by atoms with E-state index in [1.54, 1.807) is 7.11 Å². The highest BCUT2D eigenvalue weighted by Gasteiger charge is 2.34. The third-order valence-corrected chi connectivity index (χ3v) is 6.37. The van der Waals surface area contributed by atoms with Crippen LogP contribution in [0.15, 0.2) is 24.3 Å². The molecule has 2 fully saturated rings. The van der Waals surface area contributed by atoms with Gasteiger partial charge in [0, 0.05) is 46.4 Å². The molecule has 6 heteroatoms. The molecule has 2 saturated heterocycles. The molecule has 0 aromatic heterocycles. The number of benzene rings is 1. The number of aryl methyl sites for hydroxylation is 1. The Kier molecular flexibility index (Phi) is 8.07. The second kappa shape index (κ2) is 10.7. The molecule has 0 radical (unpaired) electrons. The molecule has 1 unspecified atom stereocenters. The summed E-state index contributed by atoms with van der Waals surface area (Å²) >= 11 is 0. The van der Waals surface area contributed by atoms with Gasteiger partial charge in [0.1, 0.15) is 0 Å². The van der Waals surface area contributed by atoms with Gasteiger partial charge in [0.15, 0.2) is 0 Å². The number of rotatable bonds is 8. The van der Waals surface area contributed by atoms with Crippen LogP contribution in [0.5, 0.6) is 0 Å². The number of nitrogens with zero attached hydrogens (tertiary/aromatic N) is 2. The topological polar surface area (TPSA) is 61.9 Å². The van der Waals surface area contributed by atoms with E-state index in [-0.39, 0.29) is 24.3 Å². The third kappa shape index (κ3) is 6.03. The van der Waals surface area contributed by atoms with Crippen molar-refractivity contribution in [2.45, 2.75) is 51.6 Å². The molecule has 1 atom stereocenters. The molecule has 2 aliphatic heterocycles. The van der Waals surface area contributed by atoms with Gasteiger partial charge in [-0.25, -0.2) is 0 Å². The average molecular weight is 402 g/mol. The molecule has 2 amide bonds. The Labute approximate surface area is 174 Å². The Hall–Kier alpha value is -1.92. The maximum Gasteiger partial charge on any atom is 0.237 e. The van der Waals surface area contributed by atoms with Crippen LogP contribution in [0.1, 0.15) is 43.2 Å². The SMILES string of the molecule is COCCCC1CCN(C(=O)CC2C(=O)NCCN2Cc2ccccc2C)CC1. The van der Waals surface area contributed by atoms with E-state index in [9.17, 15) is 9.59 Å². The highest BCUT2D eigenvalue weighted by Crippen LogP contribution is 2.23. The normalized spacial score (nSPS) is 21.2. The van der Waals surface area contributed by atoms with Crippen LogP contribution in [0.3, 0.4) is 0 Å². The summed E-state index contributed by atoms with van der Waals surface area (Å²) in [4.78, 5) is 29.6. The molecule has 0 aliphatic carbocycles. The first-order valence-electron chi connectivity index (χ1n) is 10.9. The number of piperidine rings is 1. The van der Waals surface area contributed by atoms with E-state index in [1.165, 1.54) is 17.5 Å². The van der Waals surface area contributed by atoms with E-state index < -0.39 is 0 Å². The van der Waals surface area contributed by atoms with Crippen molar-refractivity contribution in [1.82, 2.24) is 15.1 Å². The van der Waals surface area contributed by atoms with Gasteiger partial charge in [-0.15, -0.1) is 0 Å². The lowest BCUT2D eigenvalue weighted by Crippen LogP contribution is -2.56. The van der Waals surface area contributed by atoms with Gasteiger partial charge in [0.25, 0.3) is 0 Å². The summed E-state index contributed by atoms with van der Waals surface area (Å²) in [5, 5.41) is 2.94. The molecule has 1 N–H and O–H groups in total. The van der Waals surface area contributed by atoms with Crippen LogP contribution in [0.2, 0.25) is 0 Å². The summed E-state index contributed by atoms with van der Waals surface area (Å²) in [6, 6.07) is 7.88. The van der Waals surface area contributed by atoms with Crippen molar-refractivity contribution in [2.24, 2.45) is 5.92 Å². The van der Waals surface area contributed by atoms with Gasteiger partial charge in [-0.05, 0) is 49.7 Å². The smallest absolute Gasteiger partial charge is 0.237 e.